The van der Waals surface area contributed by atoms with Crippen LogP contribution in [0.5, 0.6) is 5.75 Å². The Morgan fingerprint density at radius 1 is 1.34 bits per heavy atom. The number of anilines is 1. The van der Waals surface area contributed by atoms with Crippen molar-refractivity contribution in [3.63, 3.8) is 0 Å². The minimum atomic E-state index is -0.303. The fraction of sp³-hybridized carbons (Fsp3) is 0.435. The van der Waals surface area contributed by atoms with E-state index in [1.165, 1.54) is 11.0 Å². The van der Waals surface area contributed by atoms with Crippen molar-refractivity contribution in [1.82, 2.24) is 20.5 Å². The van der Waals surface area contributed by atoms with Crippen LogP contribution in [0.2, 0.25) is 0 Å². The summed E-state index contributed by atoms with van der Waals surface area (Å²) in [6.07, 6.45) is 2.47. The van der Waals surface area contributed by atoms with Crippen molar-refractivity contribution < 1.29 is 13.9 Å². The molecule has 0 saturated carbocycles. The number of aliphatic imine (C=N–C) groups is 1. The highest BCUT2D eigenvalue weighted by molar-refractivity contribution is 5.80. The van der Waals surface area contributed by atoms with Crippen molar-refractivity contribution in [1.29, 1.82) is 0 Å². The molecule has 1 amide bonds. The van der Waals surface area contributed by atoms with Gasteiger partial charge in [0.15, 0.2) is 24.2 Å². The van der Waals surface area contributed by atoms with E-state index in [4.69, 9.17) is 4.74 Å². The Kier molecular flexibility index (Phi) is 8.24. The summed E-state index contributed by atoms with van der Waals surface area (Å²) in [7, 11) is 3.39. The fourth-order valence-electron chi connectivity index (χ4n) is 3.37. The van der Waals surface area contributed by atoms with Gasteiger partial charge in [0.25, 0.3) is 5.91 Å². The number of carbonyl (C=O) groups excluding carboxylic acids is 1. The number of nitrogens with zero attached hydrogens (tertiary/aromatic N) is 4. The van der Waals surface area contributed by atoms with Crippen molar-refractivity contribution in [2.24, 2.45) is 4.99 Å². The molecular formula is C23H31FN6O2. The predicted octanol–water partition coefficient (Wildman–Crippen LogP) is 2.02. The van der Waals surface area contributed by atoms with Crippen LogP contribution < -0.4 is 20.3 Å². The Bertz CT molecular complexity index is 936. The molecule has 0 bridgehead atoms. The quantitative estimate of drug-likeness (QED) is 0.481. The highest BCUT2D eigenvalue weighted by Crippen LogP contribution is 2.21. The Balaban J connectivity index is 1.58. The molecule has 3 rings (SSSR count). The van der Waals surface area contributed by atoms with Crippen molar-refractivity contribution in [2.75, 3.05) is 45.2 Å². The first-order valence-corrected chi connectivity index (χ1v) is 10.8. The zero-order chi connectivity index (χ0) is 22.9. The summed E-state index contributed by atoms with van der Waals surface area (Å²) in [4.78, 5) is 24.0. The third kappa shape index (κ3) is 6.57. The molecule has 1 saturated heterocycles. The van der Waals surface area contributed by atoms with Crippen LogP contribution in [0.4, 0.5) is 10.2 Å². The van der Waals surface area contributed by atoms with Gasteiger partial charge in [-0.05, 0) is 43.2 Å². The molecule has 0 spiro atoms. The van der Waals surface area contributed by atoms with Crippen molar-refractivity contribution >= 4 is 17.7 Å². The summed E-state index contributed by atoms with van der Waals surface area (Å²) in [6, 6.07) is 10.7. The minimum Gasteiger partial charge on any atom is -0.484 e. The highest BCUT2D eigenvalue weighted by atomic mass is 19.1. The maximum atomic E-state index is 14.0. The minimum absolute atomic E-state index is 0.00103. The zero-order valence-electron chi connectivity index (χ0n) is 18.8. The molecule has 0 aliphatic carbocycles. The number of aromatic nitrogens is 1. The molecule has 172 valence electrons. The number of rotatable bonds is 8. The van der Waals surface area contributed by atoms with Gasteiger partial charge in [-0.25, -0.2) is 14.4 Å². The van der Waals surface area contributed by atoms with Gasteiger partial charge in [-0.1, -0.05) is 12.1 Å². The summed E-state index contributed by atoms with van der Waals surface area (Å²) < 4.78 is 19.6. The molecule has 1 atom stereocenters. The predicted molar refractivity (Wildman–Crippen MR) is 123 cm³/mol. The number of likely N-dealkylation sites (N-methyl/N-ethyl adjacent to an activating group) is 1. The topological polar surface area (TPSA) is 82.1 Å². The number of benzene rings is 1. The molecule has 1 fully saturated rings. The Hall–Kier alpha value is -3.36. The van der Waals surface area contributed by atoms with Crippen LogP contribution >= 0.6 is 0 Å². The molecule has 2 N–H and O–H groups in total. The first-order valence-electron chi connectivity index (χ1n) is 10.8. The van der Waals surface area contributed by atoms with Crippen LogP contribution in [-0.2, 0) is 11.3 Å². The van der Waals surface area contributed by atoms with Gasteiger partial charge in [0.05, 0.1) is 6.54 Å². The lowest BCUT2D eigenvalue weighted by molar-refractivity contribution is -0.130. The number of guanidine groups is 1. The molecule has 1 unspecified atom stereocenters. The smallest absolute Gasteiger partial charge is 0.259 e. The second kappa shape index (κ2) is 11.3. The lowest BCUT2D eigenvalue weighted by Gasteiger charge is -2.20. The Morgan fingerprint density at radius 3 is 2.94 bits per heavy atom. The molecule has 32 heavy (non-hydrogen) atoms. The number of halogens is 1. The van der Waals surface area contributed by atoms with Gasteiger partial charge in [-0.2, -0.15) is 0 Å². The van der Waals surface area contributed by atoms with Crippen molar-refractivity contribution in [3.8, 4) is 5.75 Å². The third-order valence-electron chi connectivity index (χ3n) is 5.09. The normalized spacial score (nSPS) is 16.1. The average Bonchev–Trinajstić information content (AvgIpc) is 3.24. The standard InChI is InChI=1S/C23H31FN6O2/c1-4-25-23(28-18-10-12-30(15-18)22-20(24)9-6-11-26-22)27-14-17-7-5-8-19(13-17)32-16-21(31)29(2)3/h5-9,11,13,18H,4,10,12,14-16H2,1-3H3,(H2,25,27,28). The molecule has 8 nitrogen and oxygen atoms in total. The summed E-state index contributed by atoms with van der Waals surface area (Å²) in [5.74, 6) is 1.33. The summed E-state index contributed by atoms with van der Waals surface area (Å²) in [6.45, 7) is 4.58. The van der Waals surface area contributed by atoms with Crippen LogP contribution in [0, 0.1) is 5.82 Å². The fourth-order valence-corrected chi connectivity index (χ4v) is 3.37. The van der Waals surface area contributed by atoms with Crippen molar-refractivity contribution in [2.45, 2.75) is 25.9 Å². The molecule has 1 aromatic carbocycles. The lowest BCUT2D eigenvalue weighted by Crippen LogP contribution is -2.44. The highest BCUT2D eigenvalue weighted by Gasteiger charge is 2.25. The van der Waals surface area contributed by atoms with E-state index in [1.807, 2.05) is 36.1 Å². The van der Waals surface area contributed by atoms with Gasteiger partial charge in [0.1, 0.15) is 5.75 Å². The monoisotopic (exact) mass is 442 g/mol. The van der Waals surface area contributed by atoms with Crippen LogP contribution in [0.1, 0.15) is 18.9 Å². The maximum absolute atomic E-state index is 14.0. The number of ether oxygens (including phenoxy) is 1. The van der Waals surface area contributed by atoms with Gasteiger partial charge in [0.2, 0.25) is 0 Å². The Labute approximate surface area is 188 Å². The van der Waals surface area contributed by atoms with E-state index in [1.54, 1.807) is 26.4 Å². The van der Waals surface area contributed by atoms with Gasteiger partial charge >= 0.3 is 0 Å². The van der Waals surface area contributed by atoms with E-state index in [-0.39, 0.29) is 24.4 Å². The number of amides is 1. The number of carbonyl (C=O) groups is 1. The molecule has 9 heteroatoms. The third-order valence-corrected chi connectivity index (χ3v) is 5.09. The molecule has 2 aromatic rings. The summed E-state index contributed by atoms with van der Waals surface area (Å²) >= 11 is 0. The first kappa shape index (κ1) is 23.3. The van der Waals surface area contributed by atoms with Gasteiger partial charge in [0, 0.05) is 46.0 Å². The van der Waals surface area contributed by atoms with Gasteiger partial charge in [-0.3, -0.25) is 4.79 Å². The second-order valence-electron chi connectivity index (χ2n) is 7.80. The zero-order valence-corrected chi connectivity index (χ0v) is 18.8. The number of hydrogen-bond donors (Lipinski definition) is 2. The van der Waals surface area contributed by atoms with E-state index < -0.39 is 0 Å². The summed E-state index contributed by atoms with van der Waals surface area (Å²) in [5, 5.41) is 6.70. The van der Waals surface area contributed by atoms with Gasteiger partial charge in [-0.15, -0.1) is 0 Å². The molecule has 0 radical (unpaired) electrons. The van der Waals surface area contributed by atoms with E-state index in [0.29, 0.717) is 30.6 Å². The van der Waals surface area contributed by atoms with Crippen molar-refractivity contribution in [3.05, 3.63) is 54.0 Å². The average molecular weight is 443 g/mol. The van der Waals surface area contributed by atoms with E-state index >= 15 is 0 Å². The first-order chi connectivity index (χ1) is 15.5. The second-order valence-corrected chi connectivity index (χ2v) is 7.80. The number of pyridine rings is 1. The maximum Gasteiger partial charge on any atom is 0.259 e. The van der Waals surface area contributed by atoms with E-state index in [9.17, 15) is 9.18 Å². The number of nitrogens with one attached hydrogen (secondary N) is 2. The van der Waals surface area contributed by atoms with E-state index in [2.05, 4.69) is 20.6 Å². The van der Waals surface area contributed by atoms with Crippen LogP contribution in [0.15, 0.2) is 47.6 Å². The number of hydrogen-bond acceptors (Lipinski definition) is 5. The molecule has 1 aliphatic heterocycles. The molecule has 1 aromatic heterocycles. The largest absolute Gasteiger partial charge is 0.484 e. The molecule has 1 aliphatic rings. The Morgan fingerprint density at radius 2 is 2.19 bits per heavy atom. The SMILES string of the molecule is CCNC(=NCc1cccc(OCC(=O)N(C)C)c1)NC1CCN(c2ncccc2F)C1. The van der Waals surface area contributed by atoms with Crippen LogP contribution in [-0.4, -0.2) is 68.1 Å². The molecular weight excluding hydrogens is 411 g/mol. The van der Waals surface area contributed by atoms with Crippen LogP contribution in [0.3, 0.4) is 0 Å². The van der Waals surface area contributed by atoms with E-state index in [0.717, 1.165) is 25.1 Å². The summed E-state index contributed by atoms with van der Waals surface area (Å²) in [5.41, 5.74) is 0.973. The molecule has 2 heterocycles. The van der Waals surface area contributed by atoms with Crippen LogP contribution in [0.25, 0.3) is 0 Å². The lowest BCUT2D eigenvalue weighted by atomic mass is 10.2. The van der Waals surface area contributed by atoms with Gasteiger partial charge < -0.3 is 25.2 Å².